The van der Waals surface area contributed by atoms with Crippen molar-refractivity contribution in [1.29, 1.82) is 0 Å². The zero-order valence-corrected chi connectivity index (χ0v) is 28.9. The topological polar surface area (TPSA) is 162 Å². The van der Waals surface area contributed by atoms with Crippen LogP contribution in [0, 0.1) is 0 Å². The molecule has 264 valence electrons. The van der Waals surface area contributed by atoms with E-state index in [0.717, 1.165) is 61.9 Å². The van der Waals surface area contributed by atoms with E-state index in [2.05, 4.69) is 57.6 Å². The summed E-state index contributed by atoms with van der Waals surface area (Å²) in [6.07, 6.45) is 11.1. The fourth-order valence-corrected chi connectivity index (χ4v) is 7.90. The minimum absolute atomic E-state index is 0.177. The Bertz CT molecular complexity index is 2120. The van der Waals surface area contributed by atoms with Crippen LogP contribution in [0.1, 0.15) is 106 Å². The van der Waals surface area contributed by atoms with Gasteiger partial charge in [-0.15, -0.1) is 0 Å². The first-order chi connectivity index (χ1) is 24.2. The van der Waals surface area contributed by atoms with E-state index in [1.54, 1.807) is 0 Å². The summed E-state index contributed by atoms with van der Waals surface area (Å²) in [5.41, 5.74) is 8.40. The lowest BCUT2D eigenvalue weighted by Gasteiger charge is -2.36. The predicted molar refractivity (Wildman–Crippen MR) is 195 cm³/mol. The van der Waals surface area contributed by atoms with E-state index < -0.39 is 0 Å². The van der Waals surface area contributed by atoms with Crippen LogP contribution in [0.5, 0.6) is 0 Å². The van der Waals surface area contributed by atoms with E-state index in [0.29, 0.717) is 34.5 Å². The summed E-state index contributed by atoms with van der Waals surface area (Å²) in [7, 11) is 0. The number of oxazole rings is 3. The van der Waals surface area contributed by atoms with Crippen molar-refractivity contribution in [2.75, 3.05) is 19.6 Å². The van der Waals surface area contributed by atoms with Crippen LogP contribution in [-0.4, -0.2) is 40.1 Å². The van der Waals surface area contributed by atoms with Crippen LogP contribution in [0.4, 0.5) is 0 Å². The number of hydrogen-bond donors (Lipinski definition) is 5. The van der Waals surface area contributed by atoms with Crippen LogP contribution >= 0.6 is 0 Å². The lowest BCUT2D eigenvalue weighted by molar-refractivity contribution is 0.275. The molecule has 5 heterocycles. The number of benzene rings is 3. The molecular weight excluding hydrogens is 634 g/mol. The standard InChI is InChI=1S/C14H18N2O2.C13H15NO2.C12H14N2O2/c1-14(2)8-10(5-6-15-14)9-3-4-11-12(7-9)18-13(17)16-11;15-13-14-11-7-6-10(8-12(11)16-13)9-4-2-1-3-5-9;15-12-14-10-2-1-9(7-11(10)16-12)8-3-5-13-6-4-8/h3-4,7,10,15H,5-6,8H2,1-2H3,(H,16,17);6-9H,1-5H2,(H,14,15);1-2,7-8,13H,3-6H2,(H,14,15). The molecule has 1 aliphatic carbocycles. The van der Waals surface area contributed by atoms with Gasteiger partial charge in [0.05, 0.1) is 16.6 Å². The molecule has 50 heavy (non-hydrogen) atoms. The molecule has 6 aromatic rings. The van der Waals surface area contributed by atoms with E-state index in [1.807, 2.05) is 36.4 Å². The summed E-state index contributed by atoms with van der Waals surface area (Å²) in [6, 6.07) is 18.1. The molecule has 3 aromatic carbocycles. The minimum atomic E-state index is -0.382. The average molecular weight is 682 g/mol. The fraction of sp³-hybridized carbons (Fsp3) is 0.462. The number of aromatic nitrogens is 3. The quantitative estimate of drug-likeness (QED) is 0.132. The maximum atomic E-state index is 11.1. The molecule has 0 spiro atoms. The van der Waals surface area contributed by atoms with Crippen molar-refractivity contribution in [2.24, 2.45) is 0 Å². The zero-order valence-electron chi connectivity index (χ0n) is 28.9. The SMILES string of the molecule is CC1(C)CC(c2ccc3[nH]c(=O)oc3c2)CCN1.O=c1[nH]c2ccc(C3CCCCC3)cc2o1.O=c1[nH]c2ccc(C3CCNCC3)cc2o1. The van der Waals surface area contributed by atoms with E-state index in [4.69, 9.17) is 13.3 Å². The largest absolute Gasteiger partial charge is 0.417 e. The van der Waals surface area contributed by atoms with Crippen molar-refractivity contribution in [3.05, 3.63) is 103 Å². The molecular formula is C39H47N5O6. The van der Waals surface area contributed by atoms with Gasteiger partial charge >= 0.3 is 17.3 Å². The molecule has 3 fully saturated rings. The molecule has 3 aromatic heterocycles. The first-order valence-electron chi connectivity index (χ1n) is 18.0. The molecule has 1 unspecified atom stereocenters. The summed E-state index contributed by atoms with van der Waals surface area (Å²) < 4.78 is 15.3. The second-order valence-electron chi connectivity index (χ2n) is 14.7. The van der Waals surface area contributed by atoms with Crippen LogP contribution in [0.15, 0.2) is 82.2 Å². The van der Waals surface area contributed by atoms with Crippen LogP contribution in [0.3, 0.4) is 0 Å². The summed E-state index contributed by atoms with van der Waals surface area (Å²) >= 11 is 0. The van der Waals surface area contributed by atoms with Crippen LogP contribution in [0.25, 0.3) is 33.3 Å². The highest BCUT2D eigenvalue weighted by Gasteiger charge is 2.28. The van der Waals surface area contributed by atoms with Gasteiger partial charge in [0.1, 0.15) is 0 Å². The third-order valence-corrected chi connectivity index (χ3v) is 10.5. The maximum Gasteiger partial charge on any atom is 0.417 e. The van der Waals surface area contributed by atoms with Gasteiger partial charge in [-0.2, -0.15) is 0 Å². The van der Waals surface area contributed by atoms with Crippen LogP contribution in [-0.2, 0) is 0 Å². The van der Waals surface area contributed by atoms with E-state index in [9.17, 15) is 14.4 Å². The first-order valence-corrected chi connectivity index (χ1v) is 18.0. The van der Waals surface area contributed by atoms with Crippen LogP contribution in [0.2, 0.25) is 0 Å². The Balaban J connectivity index is 0.000000118. The summed E-state index contributed by atoms with van der Waals surface area (Å²) in [5, 5.41) is 6.87. The molecule has 1 saturated carbocycles. The van der Waals surface area contributed by atoms with E-state index in [1.165, 1.54) is 48.8 Å². The van der Waals surface area contributed by atoms with Crippen molar-refractivity contribution in [3.63, 3.8) is 0 Å². The van der Waals surface area contributed by atoms with Gasteiger partial charge in [-0.3, -0.25) is 15.0 Å². The molecule has 11 heteroatoms. The Kier molecular flexibility index (Phi) is 9.96. The Hall–Kier alpha value is -4.61. The molecule has 9 rings (SSSR count). The highest BCUT2D eigenvalue weighted by atomic mass is 16.4. The van der Waals surface area contributed by atoms with Crippen molar-refractivity contribution in [2.45, 2.75) is 94.9 Å². The van der Waals surface area contributed by atoms with Crippen molar-refractivity contribution in [1.82, 2.24) is 25.6 Å². The third kappa shape index (κ3) is 8.05. The number of rotatable bonds is 3. The fourth-order valence-electron chi connectivity index (χ4n) is 7.90. The Morgan fingerprint density at radius 2 is 0.960 bits per heavy atom. The van der Waals surface area contributed by atoms with Gasteiger partial charge in [-0.05, 0) is 143 Å². The highest BCUT2D eigenvalue weighted by molar-refractivity contribution is 5.74. The molecule has 3 aliphatic rings. The van der Waals surface area contributed by atoms with Gasteiger partial charge in [0.2, 0.25) is 0 Å². The summed E-state index contributed by atoms with van der Waals surface area (Å²) in [4.78, 5) is 41.2. The van der Waals surface area contributed by atoms with E-state index in [-0.39, 0.29) is 22.8 Å². The first kappa shape index (κ1) is 33.9. The molecule has 1 atom stereocenters. The van der Waals surface area contributed by atoms with Crippen LogP contribution < -0.4 is 27.9 Å². The number of aromatic amines is 3. The predicted octanol–water partition coefficient (Wildman–Crippen LogP) is 7.12. The molecule has 5 N–H and O–H groups in total. The highest BCUT2D eigenvalue weighted by Crippen LogP contribution is 2.35. The molecule has 0 bridgehead atoms. The van der Waals surface area contributed by atoms with Gasteiger partial charge < -0.3 is 23.9 Å². The van der Waals surface area contributed by atoms with Gasteiger partial charge in [-0.25, -0.2) is 14.4 Å². The Morgan fingerprint density at radius 3 is 1.42 bits per heavy atom. The van der Waals surface area contributed by atoms with Gasteiger partial charge in [0.25, 0.3) is 0 Å². The smallest absolute Gasteiger partial charge is 0.408 e. The minimum Gasteiger partial charge on any atom is -0.408 e. The second kappa shape index (κ2) is 14.7. The normalized spacial score (nSPS) is 19.9. The average Bonchev–Trinajstić information content (AvgIpc) is 3.81. The van der Waals surface area contributed by atoms with Gasteiger partial charge in [-0.1, -0.05) is 37.5 Å². The Labute approximate surface area is 289 Å². The number of hydrogen-bond acceptors (Lipinski definition) is 8. The lowest BCUT2D eigenvalue weighted by Crippen LogP contribution is -2.45. The number of fused-ring (bicyclic) bond motifs is 3. The molecule has 2 saturated heterocycles. The number of H-pyrrole nitrogens is 3. The molecule has 2 aliphatic heterocycles. The van der Waals surface area contributed by atoms with Crippen molar-refractivity contribution >= 4 is 33.3 Å². The molecule has 0 amide bonds. The van der Waals surface area contributed by atoms with Gasteiger partial charge in [0.15, 0.2) is 16.7 Å². The number of nitrogens with one attached hydrogen (secondary N) is 5. The number of piperidine rings is 2. The monoisotopic (exact) mass is 681 g/mol. The van der Waals surface area contributed by atoms with Gasteiger partial charge in [0, 0.05) is 5.54 Å². The molecule has 11 nitrogen and oxygen atoms in total. The lowest BCUT2D eigenvalue weighted by atomic mass is 9.80. The second-order valence-corrected chi connectivity index (χ2v) is 14.7. The molecule has 0 radical (unpaired) electrons. The summed E-state index contributed by atoms with van der Waals surface area (Å²) in [5.74, 6) is 0.649. The Morgan fingerprint density at radius 1 is 0.540 bits per heavy atom. The van der Waals surface area contributed by atoms with Crippen molar-refractivity contribution in [3.8, 4) is 0 Å². The van der Waals surface area contributed by atoms with Crippen molar-refractivity contribution < 1.29 is 13.3 Å². The van der Waals surface area contributed by atoms with E-state index >= 15 is 0 Å². The maximum absolute atomic E-state index is 11.1. The zero-order chi connectivity index (χ0) is 34.7. The third-order valence-electron chi connectivity index (χ3n) is 10.5. The summed E-state index contributed by atoms with van der Waals surface area (Å²) in [6.45, 7) is 7.63.